The summed E-state index contributed by atoms with van der Waals surface area (Å²) in [6.45, 7) is 2.44. The summed E-state index contributed by atoms with van der Waals surface area (Å²) in [5.74, 6) is 0.892. The van der Waals surface area contributed by atoms with Crippen LogP contribution in [0, 0.1) is 0 Å². The van der Waals surface area contributed by atoms with Crippen molar-refractivity contribution in [3.05, 3.63) is 40.9 Å². The number of thioether (sulfide) groups is 1. The van der Waals surface area contributed by atoms with Gasteiger partial charge in [0.25, 0.3) is 0 Å². The Morgan fingerprint density at radius 3 is 2.76 bits per heavy atom. The Kier molecular flexibility index (Phi) is 7.13. The predicted octanol–water partition coefficient (Wildman–Crippen LogP) is 3.38. The molecule has 1 aliphatic heterocycles. The molecule has 1 aliphatic rings. The molecule has 0 atom stereocenters. The van der Waals surface area contributed by atoms with Crippen LogP contribution in [0.1, 0.15) is 18.4 Å². The van der Waals surface area contributed by atoms with Gasteiger partial charge in [-0.3, -0.25) is 4.79 Å². The van der Waals surface area contributed by atoms with Crippen LogP contribution < -0.4 is 5.32 Å². The molecule has 1 aromatic rings. The van der Waals surface area contributed by atoms with Gasteiger partial charge in [-0.15, -0.1) is 0 Å². The van der Waals surface area contributed by atoms with Gasteiger partial charge in [0.15, 0.2) is 0 Å². The Hall–Kier alpha value is -0.970. The summed E-state index contributed by atoms with van der Waals surface area (Å²) in [5.41, 5.74) is 0.964. The Morgan fingerprint density at radius 1 is 1.33 bits per heavy atom. The van der Waals surface area contributed by atoms with Crippen LogP contribution in [0.15, 0.2) is 30.3 Å². The van der Waals surface area contributed by atoms with Gasteiger partial charge in [0.05, 0.1) is 0 Å². The van der Waals surface area contributed by atoms with Crippen LogP contribution in [0.2, 0.25) is 5.02 Å². The highest BCUT2D eigenvalue weighted by Gasteiger charge is 2.13. The Morgan fingerprint density at radius 2 is 2.05 bits per heavy atom. The molecule has 3 nitrogen and oxygen atoms in total. The number of hydrogen-bond donors (Lipinski definition) is 1. The molecule has 114 valence electrons. The highest BCUT2D eigenvalue weighted by Crippen LogP contribution is 2.21. The first-order chi connectivity index (χ1) is 10.2. The van der Waals surface area contributed by atoms with Crippen LogP contribution in [-0.2, 0) is 9.53 Å². The number of halogens is 1. The van der Waals surface area contributed by atoms with E-state index in [9.17, 15) is 4.79 Å². The minimum atomic E-state index is -0.0578. The fourth-order valence-corrected chi connectivity index (χ4v) is 3.25. The fraction of sp³-hybridized carbons (Fsp3) is 0.438. The average molecular weight is 326 g/mol. The van der Waals surface area contributed by atoms with Gasteiger partial charge in [0.2, 0.25) is 5.91 Å². The van der Waals surface area contributed by atoms with Crippen LogP contribution in [0.25, 0.3) is 6.08 Å². The van der Waals surface area contributed by atoms with Crippen LogP contribution in [0.3, 0.4) is 0 Å². The van der Waals surface area contributed by atoms with Crippen molar-refractivity contribution in [2.24, 2.45) is 0 Å². The summed E-state index contributed by atoms with van der Waals surface area (Å²) >= 11 is 7.73. The SMILES string of the molecule is O=C(/C=C/c1ccc(Cl)cc1)NCCSC1CCOCC1. The van der Waals surface area contributed by atoms with Crippen molar-refractivity contribution in [2.75, 3.05) is 25.5 Å². The van der Waals surface area contributed by atoms with Crippen LogP contribution in [0.4, 0.5) is 0 Å². The van der Waals surface area contributed by atoms with E-state index in [2.05, 4.69) is 5.32 Å². The summed E-state index contributed by atoms with van der Waals surface area (Å²) in [7, 11) is 0. The molecule has 2 rings (SSSR count). The molecule has 0 aromatic heterocycles. The van der Waals surface area contributed by atoms with E-state index in [1.54, 1.807) is 12.2 Å². The number of rotatable bonds is 6. The standard InChI is InChI=1S/C16H20ClNO2S/c17-14-4-1-13(2-5-14)3-6-16(19)18-9-12-21-15-7-10-20-11-8-15/h1-6,15H,7-12H2,(H,18,19)/b6-3+. The molecule has 1 aromatic carbocycles. The van der Waals surface area contributed by atoms with E-state index in [0.717, 1.165) is 37.4 Å². The molecule has 0 aliphatic carbocycles. The van der Waals surface area contributed by atoms with Crippen molar-refractivity contribution >= 4 is 35.3 Å². The van der Waals surface area contributed by atoms with Crippen molar-refractivity contribution < 1.29 is 9.53 Å². The monoisotopic (exact) mass is 325 g/mol. The Bertz CT molecular complexity index is 470. The van der Waals surface area contributed by atoms with Gasteiger partial charge >= 0.3 is 0 Å². The maximum Gasteiger partial charge on any atom is 0.244 e. The molecule has 1 saturated heterocycles. The molecule has 0 radical (unpaired) electrons. The van der Waals surface area contributed by atoms with Crippen molar-refractivity contribution in [1.82, 2.24) is 5.32 Å². The second-order valence-electron chi connectivity index (χ2n) is 4.86. The van der Waals surface area contributed by atoms with E-state index < -0.39 is 0 Å². The number of benzene rings is 1. The van der Waals surface area contributed by atoms with Crippen molar-refractivity contribution in [3.8, 4) is 0 Å². The first kappa shape index (κ1) is 16.4. The lowest BCUT2D eigenvalue weighted by molar-refractivity contribution is -0.116. The second-order valence-corrected chi connectivity index (χ2v) is 6.70. The molecule has 1 fully saturated rings. The van der Waals surface area contributed by atoms with Gasteiger partial charge in [0, 0.05) is 41.9 Å². The molecule has 1 amide bonds. The highest BCUT2D eigenvalue weighted by atomic mass is 35.5. The van der Waals surface area contributed by atoms with Crippen LogP contribution in [-0.4, -0.2) is 36.7 Å². The zero-order valence-corrected chi connectivity index (χ0v) is 13.5. The second kappa shape index (κ2) is 9.13. The Balaban J connectivity index is 1.61. The first-order valence-corrected chi connectivity index (χ1v) is 8.57. The predicted molar refractivity (Wildman–Crippen MR) is 89.8 cm³/mol. The molecule has 5 heteroatoms. The number of carbonyl (C=O) groups excluding carboxylic acids is 1. The maximum atomic E-state index is 11.7. The summed E-state index contributed by atoms with van der Waals surface area (Å²) in [6.07, 6.45) is 5.59. The number of amides is 1. The molecule has 1 heterocycles. The third-order valence-corrected chi connectivity index (χ3v) is 4.85. The summed E-state index contributed by atoms with van der Waals surface area (Å²) in [6, 6.07) is 7.38. The Labute approximate surface area is 135 Å². The van der Waals surface area contributed by atoms with E-state index in [0.29, 0.717) is 16.8 Å². The molecule has 0 unspecified atom stereocenters. The smallest absolute Gasteiger partial charge is 0.244 e. The quantitative estimate of drug-likeness (QED) is 0.643. The molecule has 1 N–H and O–H groups in total. The maximum absolute atomic E-state index is 11.7. The molecule has 0 bridgehead atoms. The molecule has 21 heavy (non-hydrogen) atoms. The van der Waals surface area contributed by atoms with E-state index in [-0.39, 0.29) is 5.91 Å². The van der Waals surface area contributed by atoms with E-state index in [1.165, 1.54) is 0 Å². The summed E-state index contributed by atoms with van der Waals surface area (Å²) < 4.78 is 5.33. The van der Waals surface area contributed by atoms with E-state index in [4.69, 9.17) is 16.3 Å². The summed E-state index contributed by atoms with van der Waals surface area (Å²) in [5, 5.41) is 4.28. The van der Waals surface area contributed by atoms with Crippen molar-refractivity contribution in [2.45, 2.75) is 18.1 Å². The number of carbonyl (C=O) groups is 1. The molecule has 0 spiro atoms. The molecular formula is C16H20ClNO2S. The number of nitrogens with one attached hydrogen (secondary N) is 1. The van der Waals surface area contributed by atoms with Crippen molar-refractivity contribution in [3.63, 3.8) is 0 Å². The number of ether oxygens (including phenoxy) is 1. The van der Waals surface area contributed by atoms with Gasteiger partial charge in [-0.25, -0.2) is 0 Å². The van der Waals surface area contributed by atoms with E-state index >= 15 is 0 Å². The zero-order valence-electron chi connectivity index (χ0n) is 11.9. The minimum Gasteiger partial charge on any atom is -0.381 e. The topological polar surface area (TPSA) is 38.3 Å². The van der Waals surface area contributed by atoms with Gasteiger partial charge in [-0.2, -0.15) is 11.8 Å². The normalized spacial score (nSPS) is 16.2. The third-order valence-electron chi connectivity index (χ3n) is 3.22. The largest absolute Gasteiger partial charge is 0.381 e. The first-order valence-electron chi connectivity index (χ1n) is 7.15. The highest BCUT2D eigenvalue weighted by molar-refractivity contribution is 7.99. The van der Waals surface area contributed by atoms with E-state index in [1.807, 2.05) is 36.0 Å². The summed E-state index contributed by atoms with van der Waals surface area (Å²) in [4.78, 5) is 11.7. The van der Waals surface area contributed by atoms with Gasteiger partial charge < -0.3 is 10.1 Å². The lowest BCUT2D eigenvalue weighted by Crippen LogP contribution is -2.25. The van der Waals surface area contributed by atoms with Gasteiger partial charge in [-0.1, -0.05) is 23.7 Å². The van der Waals surface area contributed by atoms with Crippen LogP contribution >= 0.6 is 23.4 Å². The zero-order chi connectivity index (χ0) is 14.9. The van der Waals surface area contributed by atoms with Gasteiger partial charge in [-0.05, 0) is 36.6 Å². The minimum absolute atomic E-state index is 0.0578. The fourth-order valence-electron chi connectivity index (χ4n) is 2.05. The lowest BCUT2D eigenvalue weighted by Gasteiger charge is -2.21. The van der Waals surface area contributed by atoms with Crippen molar-refractivity contribution in [1.29, 1.82) is 0 Å². The molecular weight excluding hydrogens is 306 g/mol. The van der Waals surface area contributed by atoms with Crippen LogP contribution in [0.5, 0.6) is 0 Å². The lowest BCUT2D eigenvalue weighted by atomic mass is 10.2. The van der Waals surface area contributed by atoms with Gasteiger partial charge in [0.1, 0.15) is 0 Å². The third kappa shape index (κ3) is 6.55. The average Bonchev–Trinajstić information content (AvgIpc) is 2.52. The number of hydrogen-bond acceptors (Lipinski definition) is 3. The molecule has 0 saturated carbocycles.